The first kappa shape index (κ1) is 19.6. The summed E-state index contributed by atoms with van der Waals surface area (Å²) in [5, 5.41) is 4.28. The van der Waals surface area contributed by atoms with Gasteiger partial charge in [-0.1, -0.05) is 54.6 Å². The first-order valence-corrected chi connectivity index (χ1v) is 9.90. The van der Waals surface area contributed by atoms with E-state index >= 15 is 0 Å². The Bertz CT molecular complexity index is 1160. The minimum absolute atomic E-state index is 0.103. The summed E-state index contributed by atoms with van der Waals surface area (Å²) in [4.78, 5) is 17.2. The monoisotopic (exact) mass is 397 g/mol. The van der Waals surface area contributed by atoms with Crippen LogP contribution in [-0.2, 0) is 0 Å². The van der Waals surface area contributed by atoms with Gasteiger partial charge in [0.15, 0.2) is 5.78 Å². The predicted octanol–water partition coefficient (Wildman–Crippen LogP) is 5.26. The Kier molecular flexibility index (Phi) is 5.72. The topological polar surface area (TPSA) is 77.2 Å². The zero-order valence-electron chi connectivity index (χ0n) is 16.7. The number of Topliss-reactive ketones (excluding diaryl/α,β-unsaturated/α-hetero) is 1. The molecule has 0 saturated carbocycles. The molecule has 30 heavy (non-hydrogen) atoms. The Morgan fingerprint density at radius 1 is 1.00 bits per heavy atom. The van der Waals surface area contributed by atoms with E-state index in [1.54, 1.807) is 12.1 Å². The summed E-state index contributed by atoms with van der Waals surface area (Å²) in [7, 11) is 0. The van der Waals surface area contributed by atoms with Crippen molar-refractivity contribution in [2.75, 3.05) is 11.9 Å². The molecule has 0 bridgehead atoms. The summed E-state index contributed by atoms with van der Waals surface area (Å²) >= 11 is 0. The molecule has 1 heterocycles. The summed E-state index contributed by atoms with van der Waals surface area (Å²) in [6.07, 6.45) is 0. The molecule has 5 heteroatoms. The maximum atomic E-state index is 12.6. The van der Waals surface area contributed by atoms with Crippen molar-refractivity contribution in [3.05, 3.63) is 96.1 Å². The highest BCUT2D eigenvalue weighted by Crippen LogP contribution is 2.29. The number of rotatable bonds is 7. The van der Waals surface area contributed by atoms with Gasteiger partial charge < -0.3 is 15.8 Å². The minimum atomic E-state index is -0.704. The van der Waals surface area contributed by atoms with Gasteiger partial charge in [-0.3, -0.25) is 4.79 Å². The third-order valence-electron chi connectivity index (χ3n) is 4.86. The number of anilines is 2. The quantitative estimate of drug-likeness (QED) is 0.416. The number of nitrogens with two attached hydrogens (primary N) is 1. The molecule has 0 spiro atoms. The number of aromatic nitrogens is 1. The van der Waals surface area contributed by atoms with Gasteiger partial charge in [0.05, 0.1) is 18.2 Å². The second kappa shape index (κ2) is 8.76. The van der Waals surface area contributed by atoms with Gasteiger partial charge >= 0.3 is 0 Å². The van der Waals surface area contributed by atoms with Crippen molar-refractivity contribution >= 4 is 28.2 Å². The fourth-order valence-corrected chi connectivity index (χ4v) is 3.34. The van der Waals surface area contributed by atoms with Crippen molar-refractivity contribution in [3.63, 3.8) is 0 Å². The van der Waals surface area contributed by atoms with Crippen molar-refractivity contribution in [3.8, 4) is 5.75 Å². The van der Waals surface area contributed by atoms with Crippen LogP contribution in [0.3, 0.4) is 0 Å². The molecule has 3 N–H and O–H groups in total. The van der Waals surface area contributed by atoms with Gasteiger partial charge in [-0.15, -0.1) is 0 Å². The van der Waals surface area contributed by atoms with Gasteiger partial charge in [-0.05, 0) is 36.8 Å². The van der Waals surface area contributed by atoms with Crippen molar-refractivity contribution in [1.29, 1.82) is 0 Å². The van der Waals surface area contributed by atoms with Crippen LogP contribution in [0.4, 0.5) is 11.5 Å². The first-order chi connectivity index (χ1) is 14.7. The molecule has 0 aliphatic heterocycles. The SMILES string of the molecule is CCOc1cc(Nc2ccc(C(N)C(=O)c3ccccc3)cc2)nc2ccccc12. The number of hydrogen-bond donors (Lipinski definition) is 2. The number of benzene rings is 3. The molecule has 1 aromatic heterocycles. The van der Waals surface area contributed by atoms with Gasteiger partial charge in [0, 0.05) is 22.7 Å². The molecule has 150 valence electrons. The molecule has 1 atom stereocenters. The Balaban J connectivity index is 1.54. The third kappa shape index (κ3) is 4.16. The number of carbonyl (C=O) groups is 1. The van der Waals surface area contributed by atoms with Crippen molar-refractivity contribution in [2.24, 2.45) is 5.73 Å². The van der Waals surface area contributed by atoms with E-state index < -0.39 is 6.04 Å². The lowest BCUT2D eigenvalue weighted by atomic mass is 9.98. The normalized spacial score (nSPS) is 11.8. The van der Waals surface area contributed by atoms with Gasteiger partial charge in [0.2, 0.25) is 0 Å². The van der Waals surface area contributed by atoms with E-state index in [4.69, 9.17) is 10.5 Å². The van der Waals surface area contributed by atoms with E-state index in [-0.39, 0.29) is 5.78 Å². The van der Waals surface area contributed by atoms with E-state index in [1.165, 1.54) is 0 Å². The average molecular weight is 397 g/mol. The second-order valence-electron chi connectivity index (χ2n) is 6.91. The second-order valence-corrected chi connectivity index (χ2v) is 6.91. The van der Waals surface area contributed by atoms with Gasteiger partial charge in [-0.2, -0.15) is 0 Å². The van der Waals surface area contributed by atoms with Gasteiger partial charge in [0.1, 0.15) is 11.6 Å². The van der Waals surface area contributed by atoms with Crippen LogP contribution in [0.15, 0.2) is 84.9 Å². The molecule has 0 amide bonds. The average Bonchev–Trinajstić information content (AvgIpc) is 2.79. The van der Waals surface area contributed by atoms with Crippen LogP contribution in [0, 0.1) is 0 Å². The van der Waals surface area contributed by atoms with E-state index in [2.05, 4.69) is 10.3 Å². The van der Waals surface area contributed by atoms with Crippen molar-refractivity contribution < 1.29 is 9.53 Å². The highest BCUT2D eigenvalue weighted by molar-refractivity contribution is 6.00. The fourth-order valence-electron chi connectivity index (χ4n) is 3.34. The van der Waals surface area contributed by atoms with Crippen LogP contribution in [0.5, 0.6) is 5.75 Å². The highest BCUT2D eigenvalue weighted by Gasteiger charge is 2.17. The summed E-state index contributed by atoms with van der Waals surface area (Å²) in [6, 6.07) is 25.7. The molecule has 1 unspecified atom stereocenters. The number of fused-ring (bicyclic) bond motifs is 1. The number of ether oxygens (including phenoxy) is 1. The summed E-state index contributed by atoms with van der Waals surface area (Å²) in [5.41, 5.74) is 9.27. The largest absolute Gasteiger partial charge is 0.493 e. The number of nitrogens with one attached hydrogen (secondary N) is 1. The fraction of sp³-hybridized carbons (Fsp3) is 0.120. The molecule has 0 aliphatic carbocycles. The number of nitrogens with zero attached hydrogens (tertiary/aromatic N) is 1. The third-order valence-corrected chi connectivity index (χ3v) is 4.86. The number of para-hydroxylation sites is 1. The molecular formula is C25H23N3O2. The molecule has 5 nitrogen and oxygen atoms in total. The molecule has 4 aromatic rings. The first-order valence-electron chi connectivity index (χ1n) is 9.90. The van der Waals surface area contributed by atoms with Crippen LogP contribution < -0.4 is 15.8 Å². The molecule has 0 saturated heterocycles. The molecular weight excluding hydrogens is 374 g/mol. The maximum absolute atomic E-state index is 12.6. The van der Waals surface area contributed by atoms with E-state index in [1.807, 2.05) is 79.7 Å². The number of ketones is 1. The van der Waals surface area contributed by atoms with Crippen LogP contribution in [0.2, 0.25) is 0 Å². The molecule has 3 aromatic carbocycles. The van der Waals surface area contributed by atoms with Crippen LogP contribution in [0.25, 0.3) is 10.9 Å². The van der Waals surface area contributed by atoms with E-state index in [9.17, 15) is 4.79 Å². The minimum Gasteiger partial charge on any atom is -0.493 e. The maximum Gasteiger partial charge on any atom is 0.184 e. The molecule has 0 aliphatic rings. The Morgan fingerprint density at radius 3 is 2.43 bits per heavy atom. The lowest BCUT2D eigenvalue weighted by Crippen LogP contribution is -2.21. The molecule has 4 rings (SSSR count). The zero-order valence-corrected chi connectivity index (χ0v) is 16.7. The lowest BCUT2D eigenvalue weighted by molar-refractivity contribution is 0.0961. The number of carbonyl (C=O) groups excluding carboxylic acids is 1. The summed E-state index contributed by atoms with van der Waals surface area (Å²) in [5.74, 6) is 1.38. The Hall–Kier alpha value is -3.70. The highest BCUT2D eigenvalue weighted by atomic mass is 16.5. The van der Waals surface area contributed by atoms with Crippen LogP contribution in [-0.4, -0.2) is 17.4 Å². The molecule has 0 fully saturated rings. The van der Waals surface area contributed by atoms with E-state index in [0.717, 1.165) is 27.9 Å². The lowest BCUT2D eigenvalue weighted by Gasteiger charge is -2.14. The molecule has 0 radical (unpaired) electrons. The number of hydrogen-bond acceptors (Lipinski definition) is 5. The summed E-state index contributed by atoms with van der Waals surface area (Å²) < 4.78 is 5.78. The van der Waals surface area contributed by atoms with Gasteiger partial charge in [-0.25, -0.2) is 4.98 Å². The standard InChI is InChI=1S/C25H23N3O2/c1-2-30-22-16-23(28-21-11-7-6-10-20(21)22)27-19-14-12-17(13-15-19)24(26)25(29)18-8-4-3-5-9-18/h3-16,24H,2,26H2,1H3,(H,27,28). The summed E-state index contributed by atoms with van der Waals surface area (Å²) in [6.45, 7) is 2.54. The van der Waals surface area contributed by atoms with Crippen molar-refractivity contribution in [1.82, 2.24) is 4.98 Å². The Morgan fingerprint density at radius 2 is 1.70 bits per heavy atom. The number of pyridine rings is 1. The smallest absolute Gasteiger partial charge is 0.184 e. The van der Waals surface area contributed by atoms with Crippen LogP contribution >= 0.6 is 0 Å². The zero-order chi connectivity index (χ0) is 20.9. The predicted molar refractivity (Wildman–Crippen MR) is 120 cm³/mol. The van der Waals surface area contributed by atoms with Crippen molar-refractivity contribution in [2.45, 2.75) is 13.0 Å². The Labute approximate surface area is 175 Å². The van der Waals surface area contributed by atoms with Crippen LogP contribution in [0.1, 0.15) is 28.9 Å². The van der Waals surface area contributed by atoms with E-state index in [0.29, 0.717) is 18.0 Å². The van der Waals surface area contributed by atoms with Gasteiger partial charge in [0.25, 0.3) is 0 Å².